The molecule has 1 aromatic carbocycles. The van der Waals surface area contributed by atoms with Crippen molar-refractivity contribution in [1.29, 1.82) is 0 Å². The number of nitrogens with two attached hydrogens (primary N) is 1. The number of nitrogens with zero attached hydrogens (tertiary/aromatic N) is 1. The molecule has 0 bridgehead atoms. The van der Waals surface area contributed by atoms with E-state index in [4.69, 9.17) is 15.2 Å². The van der Waals surface area contributed by atoms with Crippen molar-refractivity contribution in [2.45, 2.75) is 12.8 Å². The van der Waals surface area contributed by atoms with Gasteiger partial charge in [-0.3, -0.25) is 4.98 Å². The lowest BCUT2D eigenvalue weighted by molar-refractivity contribution is 0.356. The van der Waals surface area contributed by atoms with Crippen LogP contribution in [-0.4, -0.2) is 25.7 Å². The smallest absolute Gasteiger partial charge is 0.161 e. The molecule has 4 heteroatoms. The Morgan fingerprint density at radius 2 is 1.89 bits per heavy atom. The first-order valence-electron chi connectivity index (χ1n) is 5.92. The second kappa shape index (κ2) is 5.23. The first-order chi connectivity index (χ1) is 8.71. The van der Waals surface area contributed by atoms with Gasteiger partial charge < -0.3 is 15.2 Å². The van der Waals surface area contributed by atoms with Gasteiger partial charge in [-0.25, -0.2) is 0 Å². The Labute approximate surface area is 107 Å². The molecule has 0 fully saturated rings. The summed E-state index contributed by atoms with van der Waals surface area (Å²) in [6.45, 7) is 2.64. The molecular weight excluding hydrogens is 228 g/mol. The van der Waals surface area contributed by atoms with E-state index in [0.717, 1.165) is 22.2 Å². The van der Waals surface area contributed by atoms with Gasteiger partial charge in [-0.2, -0.15) is 0 Å². The van der Waals surface area contributed by atoms with Gasteiger partial charge in [-0.05, 0) is 23.6 Å². The first-order valence-corrected chi connectivity index (χ1v) is 5.92. The summed E-state index contributed by atoms with van der Waals surface area (Å²) in [6.07, 6.45) is 1.80. The normalized spacial score (nSPS) is 12.4. The summed E-state index contributed by atoms with van der Waals surface area (Å²) in [6, 6.07) is 5.88. The third-order valence-corrected chi connectivity index (χ3v) is 3.12. The van der Waals surface area contributed by atoms with E-state index in [2.05, 4.69) is 11.9 Å². The van der Waals surface area contributed by atoms with Crippen LogP contribution in [-0.2, 0) is 0 Å². The van der Waals surface area contributed by atoms with Gasteiger partial charge in [-0.1, -0.05) is 6.92 Å². The fourth-order valence-corrected chi connectivity index (χ4v) is 2.03. The van der Waals surface area contributed by atoms with Crippen LogP contribution in [0.15, 0.2) is 24.4 Å². The Bertz CT molecular complexity index is 555. The fourth-order valence-electron chi connectivity index (χ4n) is 2.03. The van der Waals surface area contributed by atoms with Gasteiger partial charge in [0, 0.05) is 24.0 Å². The summed E-state index contributed by atoms with van der Waals surface area (Å²) < 4.78 is 10.6. The number of aromatic nitrogens is 1. The van der Waals surface area contributed by atoms with Gasteiger partial charge >= 0.3 is 0 Å². The van der Waals surface area contributed by atoms with E-state index in [1.54, 1.807) is 20.4 Å². The Morgan fingerprint density at radius 3 is 2.50 bits per heavy atom. The van der Waals surface area contributed by atoms with Crippen LogP contribution in [0.5, 0.6) is 11.5 Å². The van der Waals surface area contributed by atoms with Crippen LogP contribution in [0, 0.1) is 0 Å². The van der Waals surface area contributed by atoms with Crippen LogP contribution >= 0.6 is 0 Å². The van der Waals surface area contributed by atoms with Crippen LogP contribution in [0.3, 0.4) is 0 Å². The zero-order chi connectivity index (χ0) is 13.1. The minimum absolute atomic E-state index is 0.215. The molecule has 0 aliphatic heterocycles. The van der Waals surface area contributed by atoms with Gasteiger partial charge in [0.1, 0.15) is 0 Å². The van der Waals surface area contributed by atoms with Crippen molar-refractivity contribution < 1.29 is 9.47 Å². The zero-order valence-electron chi connectivity index (χ0n) is 10.9. The maximum Gasteiger partial charge on any atom is 0.161 e. The van der Waals surface area contributed by atoms with Crippen LogP contribution in [0.25, 0.3) is 10.8 Å². The van der Waals surface area contributed by atoms with Crippen molar-refractivity contribution in [3.05, 3.63) is 30.1 Å². The molecule has 2 rings (SSSR count). The molecule has 0 radical (unpaired) electrons. The second-order valence-electron chi connectivity index (χ2n) is 4.26. The number of fused-ring (bicyclic) bond motifs is 1. The summed E-state index contributed by atoms with van der Waals surface area (Å²) in [7, 11) is 3.26. The highest BCUT2D eigenvalue weighted by Crippen LogP contribution is 2.34. The number of hydrogen-bond donors (Lipinski definition) is 1. The fraction of sp³-hybridized carbons (Fsp3) is 0.357. The number of methoxy groups -OCH3 is 2. The number of pyridine rings is 1. The Morgan fingerprint density at radius 1 is 1.22 bits per heavy atom. The van der Waals surface area contributed by atoms with Crippen LogP contribution in [0.1, 0.15) is 18.5 Å². The molecule has 0 amide bonds. The van der Waals surface area contributed by atoms with Crippen molar-refractivity contribution in [2.75, 3.05) is 20.8 Å². The van der Waals surface area contributed by atoms with Gasteiger partial charge in [0.05, 0.1) is 19.9 Å². The minimum atomic E-state index is 0.215. The third-order valence-electron chi connectivity index (χ3n) is 3.12. The van der Waals surface area contributed by atoms with Crippen molar-refractivity contribution in [2.24, 2.45) is 5.73 Å². The second-order valence-corrected chi connectivity index (χ2v) is 4.26. The van der Waals surface area contributed by atoms with E-state index < -0.39 is 0 Å². The molecule has 2 N–H and O–H groups in total. The molecule has 0 aliphatic rings. The lowest BCUT2D eigenvalue weighted by Gasteiger charge is -2.14. The molecule has 2 aromatic rings. The number of benzene rings is 1. The SMILES string of the molecule is COc1cc2ccnc(C(C)CN)c2cc1OC. The van der Waals surface area contributed by atoms with E-state index >= 15 is 0 Å². The number of rotatable bonds is 4. The molecule has 0 spiro atoms. The summed E-state index contributed by atoms with van der Waals surface area (Å²) in [5.74, 6) is 1.65. The predicted molar refractivity (Wildman–Crippen MR) is 72.3 cm³/mol. The monoisotopic (exact) mass is 246 g/mol. The van der Waals surface area contributed by atoms with Crippen molar-refractivity contribution >= 4 is 10.8 Å². The molecule has 1 heterocycles. The first kappa shape index (κ1) is 12.6. The molecular formula is C14H18N2O2. The third kappa shape index (κ3) is 2.11. The lowest BCUT2D eigenvalue weighted by atomic mass is 10.0. The topological polar surface area (TPSA) is 57.4 Å². The summed E-state index contributed by atoms with van der Waals surface area (Å²) in [4.78, 5) is 4.43. The van der Waals surface area contributed by atoms with E-state index in [1.807, 2.05) is 18.2 Å². The highest BCUT2D eigenvalue weighted by molar-refractivity contribution is 5.88. The Hall–Kier alpha value is -1.81. The van der Waals surface area contributed by atoms with Gasteiger partial charge in [0.25, 0.3) is 0 Å². The molecule has 1 atom stereocenters. The molecule has 0 aliphatic carbocycles. The van der Waals surface area contributed by atoms with E-state index in [0.29, 0.717) is 12.3 Å². The van der Waals surface area contributed by atoms with Gasteiger partial charge in [-0.15, -0.1) is 0 Å². The van der Waals surface area contributed by atoms with Gasteiger partial charge in [0.2, 0.25) is 0 Å². The van der Waals surface area contributed by atoms with E-state index in [-0.39, 0.29) is 5.92 Å². The molecule has 0 saturated carbocycles. The average Bonchev–Trinajstić information content (AvgIpc) is 2.44. The van der Waals surface area contributed by atoms with Gasteiger partial charge in [0.15, 0.2) is 11.5 Å². The molecule has 18 heavy (non-hydrogen) atoms. The summed E-state index contributed by atoms with van der Waals surface area (Å²) in [5, 5.41) is 2.14. The highest BCUT2D eigenvalue weighted by atomic mass is 16.5. The summed E-state index contributed by atoms with van der Waals surface area (Å²) >= 11 is 0. The Balaban J connectivity index is 2.68. The number of hydrogen-bond acceptors (Lipinski definition) is 4. The van der Waals surface area contributed by atoms with Crippen LogP contribution in [0.4, 0.5) is 0 Å². The maximum absolute atomic E-state index is 5.73. The Kier molecular flexibility index (Phi) is 3.67. The standard InChI is InChI=1S/C14H18N2O2/c1-9(8-15)14-11-7-13(18-3)12(17-2)6-10(11)4-5-16-14/h4-7,9H,8,15H2,1-3H3. The maximum atomic E-state index is 5.73. The minimum Gasteiger partial charge on any atom is -0.493 e. The molecule has 96 valence electrons. The molecule has 1 unspecified atom stereocenters. The van der Waals surface area contributed by atoms with Crippen molar-refractivity contribution in [3.63, 3.8) is 0 Å². The zero-order valence-corrected chi connectivity index (χ0v) is 10.9. The van der Waals surface area contributed by atoms with Crippen molar-refractivity contribution in [3.8, 4) is 11.5 Å². The molecule has 4 nitrogen and oxygen atoms in total. The highest BCUT2D eigenvalue weighted by Gasteiger charge is 2.13. The van der Waals surface area contributed by atoms with E-state index in [1.165, 1.54) is 0 Å². The van der Waals surface area contributed by atoms with Crippen molar-refractivity contribution in [1.82, 2.24) is 4.98 Å². The summed E-state index contributed by atoms with van der Waals surface area (Å²) in [5.41, 5.74) is 6.72. The van der Waals surface area contributed by atoms with E-state index in [9.17, 15) is 0 Å². The predicted octanol–water partition coefficient (Wildman–Crippen LogP) is 2.31. The number of ether oxygens (including phenoxy) is 2. The van der Waals surface area contributed by atoms with Crippen LogP contribution < -0.4 is 15.2 Å². The molecule has 0 saturated heterocycles. The van der Waals surface area contributed by atoms with Crippen LogP contribution in [0.2, 0.25) is 0 Å². The average molecular weight is 246 g/mol. The largest absolute Gasteiger partial charge is 0.493 e. The molecule has 1 aromatic heterocycles. The lowest BCUT2D eigenvalue weighted by Crippen LogP contribution is -2.10. The quantitative estimate of drug-likeness (QED) is 0.899.